The summed E-state index contributed by atoms with van der Waals surface area (Å²) in [6.45, 7) is 4.18. The van der Waals surface area contributed by atoms with Crippen LogP contribution < -0.4 is 0 Å². The van der Waals surface area contributed by atoms with E-state index in [1.165, 1.54) is 4.88 Å². The summed E-state index contributed by atoms with van der Waals surface area (Å²) in [4.78, 5) is 11.3. The molecule has 0 aliphatic rings. The minimum Gasteiger partial charge on any atom is -0.333 e. The zero-order chi connectivity index (χ0) is 16.5. The molecular formula is C18H15N3OS2. The lowest BCUT2D eigenvalue weighted by Crippen LogP contribution is -1.83. The van der Waals surface area contributed by atoms with Gasteiger partial charge in [0.25, 0.3) is 5.89 Å². The first kappa shape index (κ1) is 15.2. The van der Waals surface area contributed by atoms with Gasteiger partial charge >= 0.3 is 0 Å². The molecule has 0 fully saturated rings. The van der Waals surface area contributed by atoms with Crippen LogP contribution in [0.15, 0.2) is 46.3 Å². The second-order valence-electron chi connectivity index (χ2n) is 5.39. The summed E-state index contributed by atoms with van der Waals surface area (Å²) in [7, 11) is 0. The number of hydrogen-bond donors (Lipinski definition) is 0. The smallest absolute Gasteiger partial charge is 0.268 e. The maximum Gasteiger partial charge on any atom is 0.268 e. The topological polar surface area (TPSA) is 51.8 Å². The van der Waals surface area contributed by atoms with Gasteiger partial charge in [0.1, 0.15) is 0 Å². The number of hydrogen-bond acceptors (Lipinski definition) is 6. The fraction of sp³-hybridized carbons (Fsp3) is 0.167. The predicted octanol–water partition coefficient (Wildman–Crippen LogP) is 5.46. The maximum atomic E-state index is 5.39. The average molecular weight is 353 g/mol. The van der Waals surface area contributed by atoms with E-state index in [-0.39, 0.29) is 0 Å². The molecule has 3 heterocycles. The van der Waals surface area contributed by atoms with Crippen molar-refractivity contribution in [1.29, 1.82) is 0 Å². The number of thiophene rings is 1. The van der Waals surface area contributed by atoms with Crippen molar-refractivity contribution < 1.29 is 4.52 Å². The minimum absolute atomic E-state index is 0.569. The highest BCUT2D eigenvalue weighted by Crippen LogP contribution is 2.29. The van der Waals surface area contributed by atoms with Gasteiger partial charge < -0.3 is 4.52 Å². The van der Waals surface area contributed by atoms with E-state index in [1.807, 2.05) is 18.2 Å². The van der Waals surface area contributed by atoms with E-state index >= 15 is 0 Å². The molecule has 1 aromatic carbocycles. The normalized spacial score (nSPS) is 11.1. The molecule has 4 rings (SSSR count). The van der Waals surface area contributed by atoms with Crippen molar-refractivity contribution in [2.45, 2.75) is 20.3 Å². The fourth-order valence-corrected chi connectivity index (χ4v) is 3.93. The number of thiazole rings is 1. The van der Waals surface area contributed by atoms with E-state index in [0.29, 0.717) is 11.7 Å². The van der Waals surface area contributed by atoms with Crippen molar-refractivity contribution in [2.24, 2.45) is 0 Å². The Kier molecular flexibility index (Phi) is 4.00. The molecule has 6 heteroatoms. The number of nitrogens with zero attached hydrogens (tertiary/aromatic N) is 3. The number of benzene rings is 1. The van der Waals surface area contributed by atoms with Crippen LogP contribution in [0.4, 0.5) is 0 Å². The van der Waals surface area contributed by atoms with E-state index in [9.17, 15) is 0 Å². The third kappa shape index (κ3) is 2.90. The quantitative estimate of drug-likeness (QED) is 0.489. The van der Waals surface area contributed by atoms with E-state index < -0.39 is 0 Å². The van der Waals surface area contributed by atoms with Gasteiger partial charge in [0.2, 0.25) is 5.82 Å². The van der Waals surface area contributed by atoms with Crippen molar-refractivity contribution in [3.63, 3.8) is 0 Å². The number of rotatable bonds is 4. The van der Waals surface area contributed by atoms with Crippen LogP contribution in [0, 0.1) is 6.92 Å². The average Bonchev–Trinajstić information content (AvgIpc) is 3.35. The second-order valence-corrected chi connectivity index (χ2v) is 7.62. The van der Waals surface area contributed by atoms with E-state index in [0.717, 1.165) is 33.1 Å². The Balaban J connectivity index is 1.60. The lowest BCUT2D eigenvalue weighted by molar-refractivity contribution is 0.433. The van der Waals surface area contributed by atoms with Crippen molar-refractivity contribution >= 4 is 22.7 Å². The van der Waals surface area contributed by atoms with Crippen molar-refractivity contribution in [2.75, 3.05) is 0 Å². The van der Waals surface area contributed by atoms with Gasteiger partial charge in [0, 0.05) is 21.4 Å². The van der Waals surface area contributed by atoms with Crippen LogP contribution in [0.1, 0.15) is 16.8 Å². The first-order valence-electron chi connectivity index (χ1n) is 7.68. The largest absolute Gasteiger partial charge is 0.333 e. The molecule has 4 nitrogen and oxygen atoms in total. The Morgan fingerprint density at radius 2 is 1.79 bits per heavy atom. The molecule has 0 atom stereocenters. The van der Waals surface area contributed by atoms with Crippen molar-refractivity contribution in [3.8, 4) is 33.4 Å². The molecule has 0 unspecified atom stereocenters. The van der Waals surface area contributed by atoms with E-state index in [1.54, 1.807) is 22.7 Å². The van der Waals surface area contributed by atoms with Gasteiger partial charge in [-0.05, 0) is 25.5 Å². The van der Waals surface area contributed by atoms with Crippen LogP contribution in [-0.2, 0) is 6.42 Å². The van der Waals surface area contributed by atoms with Crippen LogP contribution in [0.2, 0.25) is 0 Å². The molecule has 0 amide bonds. The Bertz CT molecular complexity index is 966. The first-order valence-corrected chi connectivity index (χ1v) is 9.38. The molecule has 3 aromatic heterocycles. The lowest BCUT2D eigenvalue weighted by atomic mass is 10.1. The maximum absolute atomic E-state index is 5.39. The lowest BCUT2D eigenvalue weighted by Gasteiger charge is -1.98. The van der Waals surface area contributed by atoms with Gasteiger partial charge in [-0.3, -0.25) is 0 Å². The highest BCUT2D eigenvalue weighted by atomic mass is 32.1. The summed E-state index contributed by atoms with van der Waals surface area (Å²) in [5, 5.41) is 7.35. The van der Waals surface area contributed by atoms with Crippen LogP contribution >= 0.6 is 22.7 Å². The standard InChI is InChI=1S/C18H15N3OS2/c1-3-16-19-14(10-23-16)12-5-7-13(8-6-12)17-20-18(22-21-17)15-9-4-11(2)24-15/h4-10H,3H2,1-2H3. The zero-order valence-electron chi connectivity index (χ0n) is 13.3. The van der Waals surface area contributed by atoms with E-state index in [4.69, 9.17) is 4.52 Å². The first-order chi connectivity index (χ1) is 11.7. The molecular weight excluding hydrogens is 338 g/mol. The summed E-state index contributed by atoms with van der Waals surface area (Å²) in [5.41, 5.74) is 3.06. The van der Waals surface area contributed by atoms with Crippen LogP contribution in [-0.4, -0.2) is 15.1 Å². The van der Waals surface area contributed by atoms with Gasteiger partial charge in [-0.15, -0.1) is 22.7 Å². The molecule has 0 saturated heterocycles. The van der Waals surface area contributed by atoms with Crippen LogP contribution in [0.3, 0.4) is 0 Å². The molecule has 120 valence electrons. The Labute approximate surface area is 147 Å². The predicted molar refractivity (Wildman–Crippen MR) is 98.3 cm³/mol. The number of aryl methyl sites for hydroxylation is 2. The summed E-state index contributed by atoms with van der Waals surface area (Å²) >= 11 is 3.35. The molecule has 0 bridgehead atoms. The molecule has 0 N–H and O–H groups in total. The highest BCUT2D eigenvalue weighted by molar-refractivity contribution is 7.15. The van der Waals surface area contributed by atoms with E-state index in [2.05, 4.69) is 52.6 Å². The molecule has 0 aliphatic carbocycles. The Morgan fingerprint density at radius 3 is 2.46 bits per heavy atom. The van der Waals surface area contributed by atoms with Gasteiger partial charge in [-0.2, -0.15) is 4.98 Å². The van der Waals surface area contributed by atoms with Crippen molar-refractivity contribution in [1.82, 2.24) is 15.1 Å². The van der Waals surface area contributed by atoms with Gasteiger partial charge in [-0.1, -0.05) is 36.3 Å². The second kappa shape index (κ2) is 6.30. The molecule has 24 heavy (non-hydrogen) atoms. The number of aromatic nitrogens is 3. The third-order valence-corrected chi connectivity index (χ3v) is 5.65. The SMILES string of the molecule is CCc1nc(-c2ccc(-c3noc(-c4ccc(C)s4)n3)cc2)cs1. The monoisotopic (exact) mass is 353 g/mol. The highest BCUT2D eigenvalue weighted by Gasteiger charge is 2.12. The molecule has 0 spiro atoms. The third-order valence-electron chi connectivity index (χ3n) is 3.67. The van der Waals surface area contributed by atoms with Crippen LogP contribution in [0.5, 0.6) is 0 Å². The van der Waals surface area contributed by atoms with Gasteiger partial charge in [0.05, 0.1) is 15.6 Å². The molecule has 0 radical (unpaired) electrons. The zero-order valence-corrected chi connectivity index (χ0v) is 14.9. The summed E-state index contributed by atoms with van der Waals surface area (Å²) < 4.78 is 5.39. The molecule has 0 saturated carbocycles. The van der Waals surface area contributed by atoms with Gasteiger partial charge in [0.15, 0.2) is 0 Å². The summed E-state index contributed by atoms with van der Waals surface area (Å²) in [5.74, 6) is 1.18. The Hall–Kier alpha value is -2.31. The summed E-state index contributed by atoms with van der Waals surface area (Å²) in [6.07, 6.45) is 0.969. The minimum atomic E-state index is 0.569. The molecule has 0 aliphatic heterocycles. The fourth-order valence-electron chi connectivity index (χ4n) is 2.39. The summed E-state index contributed by atoms with van der Waals surface area (Å²) in [6, 6.07) is 12.2. The van der Waals surface area contributed by atoms with Crippen LogP contribution in [0.25, 0.3) is 33.4 Å². The van der Waals surface area contributed by atoms with Crippen molar-refractivity contribution in [3.05, 3.63) is 51.7 Å². The van der Waals surface area contributed by atoms with Gasteiger partial charge in [-0.25, -0.2) is 4.98 Å². The Morgan fingerprint density at radius 1 is 1.00 bits per heavy atom. The molecule has 4 aromatic rings.